The maximum atomic E-state index is 12.7. The van der Waals surface area contributed by atoms with Crippen LogP contribution in [0.2, 0.25) is 0 Å². The first-order valence-electron chi connectivity index (χ1n) is 22.0. The van der Waals surface area contributed by atoms with Crippen LogP contribution in [0.3, 0.4) is 0 Å². The predicted octanol–water partition coefficient (Wildman–Crippen LogP) is 11.7. The number of hydrogen-bond acceptors (Lipinski definition) is 8. The van der Waals surface area contributed by atoms with Gasteiger partial charge in [0.1, 0.15) is 19.8 Å². The Hall–Kier alpha value is -1.51. The van der Waals surface area contributed by atoms with Gasteiger partial charge in [0.05, 0.1) is 27.7 Å². The van der Waals surface area contributed by atoms with Gasteiger partial charge in [-0.05, 0) is 44.9 Å². The second-order valence-electron chi connectivity index (χ2n) is 16.1. The van der Waals surface area contributed by atoms with Crippen molar-refractivity contribution in [3.8, 4) is 0 Å². The van der Waals surface area contributed by atoms with E-state index >= 15 is 0 Å². The molecule has 0 spiro atoms. The standard InChI is InChI=1S/C44H84NO8P/c1-6-8-10-12-14-16-18-19-20-21-22-23-24-25-27-29-31-33-35-37-44(47)53-42(41-52-54(48,49)51-39-38-45(3,4)5)40-50-43(46)36-34-32-30-28-26-17-15-13-11-9-7-2/h14,16,19-20,42H,6-13,15,17-18,21-41H2,1-5H3/b16-14-,20-19-. The van der Waals surface area contributed by atoms with Crippen LogP contribution < -0.4 is 4.89 Å². The summed E-state index contributed by atoms with van der Waals surface area (Å²) in [5.74, 6) is -0.835. The van der Waals surface area contributed by atoms with Crippen LogP contribution in [0, 0.1) is 0 Å². The molecule has 10 heteroatoms. The number of likely N-dealkylation sites (N-methyl/N-ethyl adjacent to an activating group) is 1. The zero-order chi connectivity index (χ0) is 40.0. The lowest BCUT2D eigenvalue weighted by molar-refractivity contribution is -0.870. The molecule has 0 fully saturated rings. The van der Waals surface area contributed by atoms with E-state index in [2.05, 4.69) is 38.2 Å². The van der Waals surface area contributed by atoms with Crippen LogP contribution in [0.25, 0.3) is 0 Å². The van der Waals surface area contributed by atoms with E-state index in [1.165, 1.54) is 109 Å². The third-order valence-electron chi connectivity index (χ3n) is 9.47. The summed E-state index contributed by atoms with van der Waals surface area (Å²) in [4.78, 5) is 37.5. The number of unbranched alkanes of at least 4 members (excludes halogenated alkanes) is 22. The van der Waals surface area contributed by atoms with Crippen molar-refractivity contribution in [1.29, 1.82) is 0 Å². The number of phosphoric acid groups is 1. The molecule has 0 saturated heterocycles. The first-order valence-corrected chi connectivity index (χ1v) is 23.5. The van der Waals surface area contributed by atoms with Crippen molar-refractivity contribution in [3.05, 3.63) is 24.3 Å². The smallest absolute Gasteiger partial charge is 0.306 e. The second-order valence-corrected chi connectivity index (χ2v) is 17.5. The molecule has 0 heterocycles. The van der Waals surface area contributed by atoms with Gasteiger partial charge in [-0.25, -0.2) is 0 Å². The first kappa shape index (κ1) is 52.5. The van der Waals surface area contributed by atoms with Crippen molar-refractivity contribution in [2.45, 2.75) is 200 Å². The average Bonchev–Trinajstić information content (AvgIpc) is 3.12. The number of nitrogens with zero attached hydrogens (tertiary/aromatic N) is 1. The third kappa shape index (κ3) is 40.2. The van der Waals surface area contributed by atoms with Crippen LogP contribution in [0.4, 0.5) is 0 Å². The van der Waals surface area contributed by atoms with Gasteiger partial charge >= 0.3 is 11.9 Å². The molecule has 318 valence electrons. The van der Waals surface area contributed by atoms with E-state index in [0.717, 1.165) is 51.4 Å². The van der Waals surface area contributed by atoms with Gasteiger partial charge in [-0.15, -0.1) is 0 Å². The molecule has 2 atom stereocenters. The lowest BCUT2D eigenvalue weighted by atomic mass is 10.1. The van der Waals surface area contributed by atoms with Crippen LogP contribution in [0.5, 0.6) is 0 Å². The fourth-order valence-electron chi connectivity index (χ4n) is 5.98. The molecule has 0 aromatic carbocycles. The maximum absolute atomic E-state index is 12.7. The number of hydrogen-bond donors (Lipinski definition) is 0. The fraction of sp³-hybridized carbons (Fsp3) is 0.864. The summed E-state index contributed by atoms with van der Waals surface area (Å²) in [5.41, 5.74) is 0. The van der Waals surface area contributed by atoms with Gasteiger partial charge in [-0.1, -0.05) is 160 Å². The van der Waals surface area contributed by atoms with Gasteiger partial charge in [0.2, 0.25) is 0 Å². The molecular formula is C44H84NO8P. The largest absolute Gasteiger partial charge is 0.756 e. The van der Waals surface area contributed by atoms with Crippen LogP contribution in [-0.4, -0.2) is 70.0 Å². The highest BCUT2D eigenvalue weighted by Crippen LogP contribution is 2.38. The molecular weight excluding hydrogens is 701 g/mol. The number of allylic oxidation sites excluding steroid dienone is 4. The summed E-state index contributed by atoms with van der Waals surface area (Å²) in [7, 11) is 1.17. The quantitative estimate of drug-likeness (QED) is 0.0198. The molecule has 0 rings (SSSR count). The molecule has 0 aliphatic carbocycles. The summed E-state index contributed by atoms with van der Waals surface area (Å²) in [6, 6.07) is 0. The Morgan fingerprint density at radius 1 is 0.574 bits per heavy atom. The molecule has 0 aromatic heterocycles. The zero-order valence-corrected chi connectivity index (χ0v) is 36.6. The van der Waals surface area contributed by atoms with Gasteiger partial charge in [0.15, 0.2) is 6.10 Å². The number of esters is 2. The van der Waals surface area contributed by atoms with Crippen molar-refractivity contribution in [3.63, 3.8) is 0 Å². The molecule has 9 nitrogen and oxygen atoms in total. The van der Waals surface area contributed by atoms with Crippen molar-refractivity contribution in [2.75, 3.05) is 47.5 Å². The van der Waals surface area contributed by atoms with Gasteiger partial charge in [-0.2, -0.15) is 0 Å². The highest BCUT2D eigenvalue weighted by molar-refractivity contribution is 7.45. The number of rotatable bonds is 40. The summed E-state index contributed by atoms with van der Waals surface area (Å²) in [6.07, 6.45) is 39.1. The minimum absolute atomic E-state index is 0.0299. The van der Waals surface area contributed by atoms with E-state index in [0.29, 0.717) is 17.4 Å². The summed E-state index contributed by atoms with van der Waals surface area (Å²) < 4.78 is 33.9. The number of carbonyl (C=O) groups is 2. The Labute approximate surface area is 332 Å². The molecule has 0 radical (unpaired) electrons. The average molecular weight is 786 g/mol. The molecule has 0 aromatic rings. The zero-order valence-electron chi connectivity index (χ0n) is 35.7. The van der Waals surface area contributed by atoms with Crippen LogP contribution in [0.1, 0.15) is 194 Å². The lowest BCUT2D eigenvalue weighted by Crippen LogP contribution is -2.37. The number of phosphoric ester groups is 1. The van der Waals surface area contributed by atoms with Gasteiger partial charge in [-0.3, -0.25) is 14.2 Å². The van der Waals surface area contributed by atoms with Crippen molar-refractivity contribution in [1.82, 2.24) is 0 Å². The lowest BCUT2D eigenvalue weighted by Gasteiger charge is -2.28. The highest BCUT2D eigenvalue weighted by atomic mass is 31.2. The number of quaternary nitrogens is 1. The Morgan fingerprint density at radius 3 is 1.50 bits per heavy atom. The van der Waals surface area contributed by atoms with Crippen LogP contribution in [-0.2, 0) is 32.7 Å². The first-order chi connectivity index (χ1) is 26.0. The van der Waals surface area contributed by atoms with Gasteiger partial charge in [0.25, 0.3) is 7.82 Å². The third-order valence-corrected chi connectivity index (χ3v) is 10.4. The number of carbonyl (C=O) groups excluding carboxylic acids is 2. The number of ether oxygens (including phenoxy) is 2. The minimum atomic E-state index is -4.62. The van der Waals surface area contributed by atoms with E-state index in [1.807, 2.05) is 21.1 Å². The molecule has 0 aliphatic heterocycles. The minimum Gasteiger partial charge on any atom is -0.756 e. The Bertz CT molecular complexity index is 980. The van der Waals surface area contributed by atoms with Crippen molar-refractivity contribution in [2.24, 2.45) is 0 Å². The van der Waals surface area contributed by atoms with E-state index in [-0.39, 0.29) is 32.0 Å². The Balaban J connectivity index is 4.31. The molecule has 0 amide bonds. The van der Waals surface area contributed by atoms with E-state index in [9.17, 15) is 19.0 Å². The van der Waals surface area contributed by atoms with Crippen LogP contribution in [0.15, 0.2) is 24.3 Å². The van der Waals surface area contributed by atoms with Crippen molar-refractivity contribution >= 4 is 19.8 Å². The Morgan fingerprint density at radius 2 is 1.00 bits per heavy atom. The highest BCUT2D eigenvalue weighted by Gasteiger charge is 2.21. The maximum Gasteiger partial charge on any atom is 0.306 e. The van der Waals surface area contributed by atoms with E-state index in [1.54, 1.807) is 0 Å². The molecule has 0 aliphatic rings. The van der Waals surface area contributed by atoms with Crippen LogP contribution >= 0.6 is 7.82 Å². The monoisotopic (exact) mass is 786 g/mol. The van der Waals surface area contributed by atoms with E-state index < -0.39 is 26.5 Å². The molecule has 2 unspecified atom stereocenters. The van der Waals surface area contributed by atoms with Crippen molar-refractivity contribution < 1.29 is 42.1 Å². The second kappa shape index (κ2) is 37.1. The molecule has 0 bridgehead atoms. The normalized spacial score (nSPS) is 13.8. The molecule has 0 N–H and O–H groups in total. The summed E-state index contributed by atoms with van der Waals surface area (Å²) in [6.45, 7) is 4.20. The SMILES string of the molecule is CCCCC/C=C\C/C=C\CCCCCCCCCCCC(=O)OC(COC(=O)CCCCCCCCCCCCC)COP(=O)([O-])OCC[N+](C)(C)C. The van der Waals surface area contributed by atoms with Gasteiger partial charge in [0, 0.05) is 12.8 Å². The summed E-state index contributed by atoms with van der Waals surface area (Å²) in [5, 5.41) is 0. The summed E-state index contributed by atoms with van der Waals surface area (Å²) >= 11 is 0. The topological polar surface area (TPSA) is 111 Å². The van der Waals surface area contributed by atoms with Gasteiger partial charge < -0.3 is 27.9 Å². The molecule has 54 heavy (non-hydrogen) atoms. The van der Waals surface area contributed by atoms with E-state index in [4.69, 9.17) is 18.5 Å². The Kier molecular flexibility index (Phi) is 36.1. The molecule has 0 saturated carbocycles. The fourth-order valence-corrected chi connectivity index (χ4v) is 6.71. The predicted molar refractivity (Wildman–Crippen MR) is 222 cm³/mol.